The topological polar surface area (TPSA) is 91.4 Å². The minimum absolute atomic E-state index is 0.0246. The summed E-state index contributed by atoms with van der Waals surface area (Å²) in [4.78, 5) is 37.2. The average Bonchev–Trinajstić information content (AvgIpc) is 3.47. The summed E-state index contributed by atoms with van der Waals surface area (Å²) in [5.74, 6) is -2.16. The van der Waals surface area contributed by atoms with Gasteiger partial charge in [0.25, 0.3) is 0 Å². The van der Waals surface area contributed by atoms with Gasteiger partial charge in [0.2, 0.25) is 0 Å². The Hall–Kier alpha value is -1.15. The lowest BCUT2D eigenvalue weighted by Crippen LogP contribution is -2.66. The van der Waals surface area contributed by atoms with Crippen LogP contribution in [0.25, 0.3) is 0 Å². The van der Waals surface area contributed by atoms with E-state index in [2.05, 4.69) is 0 Å². The zero-order chi connectivity index (χ0) is 20.3. The number of halogens is 2. The van der Waals surface area contributed by atoms with Gasteiger partial charge < -0.3 is 18.9 Å². The molecule has 2 aliphatic heterocycles. The second-order valence-corrected chi connectivity index (χ2v) is 8.69. The number of hydrogen-bond acceptors (Lipinski definition) is 7. The maximum Gasteiger partial charge on any atom is 0.321 e. The Bertz CT molecular complexity index is 761. The maximum absolute atomic E-state index is 13.6. The van der Waals surface area contributed by atoms with Crippen molar-refractivity contribution in [3.8, 4) is 0 Å². The number of fused-ring (bicyclic) bond motifs is 2. The first-order valence-electron chi connectivity index (χ1n) is 9.24. The molecule has 0 radical (unpaired) electrons. The number of carbonyl (C=O) groups is 3. The highest BCUT2D eigenvalue weighted by atomic mass is 35.5. The third kappa shape index (κ3) is 2.46. The number of carbonyl (C=O) groups excluding carboxylic acids is 3. The van der Waals surface area contributed by atoms with Gasteiger partial charge in [0, 0.05) is 0 Å². The number of ketones is 1. The number of ether oxygens (including phenoxy) is 4. The molecule has 2 aliphatic carbocycles. The number of hydrogen-bond donors (Lipinski definition) is 0. The van der Waals surface area contributed by atoms with E-state index in [1.165, 1.54) is 0 Å². The molecule has 2 heterocycles. The molecule has 0 unspecified atom stereocenters. The Morgan fingerprint density at radius 3 is 2.57 bits per heavy atom. The Labute approximate surface area is 172 Å². The molecule has 2 bridgehead atoms. The largest absolute Gasteiger partial charge is 0.464 e. The van der Waals surface area contributed by atoms with Gasteiger partial charge in [-0.15, -0.1) is 23.2 Å². The molecule has 1 spiro atoms. The maximum atomic E-state index is 13.6. The van der Waals surface area contributed by atoms with Gasteiger partial charge in [-0.2, -0.15) is 0 Å². The van der Waals surface area contributed by atoms with E-state index in [-0.39, 0.29) is 24.2 Å². The minimum atomic E-state index is -1.10. The van der Waals surface area contributed by atoms with Crippen LogP contribution in [0.5, 0.6) is 0 Å². The summed E-state index contributed by atoms with van der Waals surface area (Å²) in [5.41, 5.74) is -1.65. The molecule has 154 valence electrons. The molecule has 0 amide bonds. The monoisotopic (exact) mass is 432 g/mol. The molecule has 1 saturated carbocycles. The summed E-state index contributed by atoms with van der Waals surface area (Å²) >= 11 is 11.2. The van der Waals surface area contributed by atoms with Crippen molar-refractivity contribution in [3.05, 3.63) is 11.6 Å². The molecule has 2 saturated heterocycles. The third-order valence-corrected chi connectivity index (χ3v) is 7.43. The zero-order valence-corrected chi connectivity index (χ0v) is 17.2. The molecule has 0 aromatic carbocycles. The summed E-state index contributed by atoms with van der Waals surface area (Å²) in [6.07, 6.45) is 0.981. The second-order valence-electron chi connectivity index (χ2n) is 8.15. The number of alkyl halides is 2. The van der Waals surface area contributed by atoms with Crippen molar-refractivity contribution >= 4 is 40.9 Å². The Balaban J connectivity index is 1.79. The van der Waals surface area contributed by atoms with Crippen LogP contribution >= 0.6 is 23.2 Å². The third-order valence-electron chi connectivity index (χ3n) is 6.99. The predicted molar refractivity (Wildman–Crippen MR) is 98.2 cm³/mol. The predicted octanol–water partition coefficient (Wildman–Crippen LogP) is 1.77. The van der Waals surface area contributed by atoms with Crippen LogP contribution in [0.15, 0.2) is 11.6 Å². The Morgan fingerprint density at radius 2 is 1.96 bits per heavy atom. The first kappa shape index (κ1) is 20.1. The molecule has 6 atom stereocenters. The van der Waals surface area contributed by atoms with Crippen LogP contribution in [0.4, 0.5) is 0 Å². The van der Waals surface area contributed by atoms with Crippen LogP contribution < -0.4 is 0 Å². The number of Topliss-reactive ketones (excluding diaryl/α,β-unsaturated/α-hetero) is 1. The van der Waals surface area contributed by atoms with Gasteiger partial charge in [-0.05, 0) is 26.7 Å². The van der Waals surface area contributed by atoms with Crippen LogP contribution in [0, 0.1) is 10.8 Å². The highest BCUT2D eigenvalue weighted by Gasteiger charge is 2.86. The first-order chi connectivity index (χ1) is 13.3. The van der Waals surface area contributed by atoms with Crippen molar-refractivity contribution < 1.29 is 33.3 Å². The van der Waals surface area contributed by atoms with Gasteiger partial charge in [0.05, 0.1) is 23.5 Å². The van der Waals surface area contributed by atoms with E-state index in [4.69, 9.17) is 42.1 Å². The van der Waals surface area contributed by atoms with E-state index in [0.717, 1.165) is 12.0 Å². The lowest BCUT2D eigenvalue weighted by Gasteiger charge is -2.56. The van der Waals surface area contributed by atoms with E-state index >= 15 is 0 Å². The Morgan fingerprint density at radius 1 is 1.29 bits per heavy atom. The summed E-state index contributed by atoms with van der Waals surface area (Å²) < 4.78 is 23.0. The molecular weight excluding hydrogens is 411 g/mol. The standard InChI is InChI=1S/C19H22Cl2O7/c1-10-3-4-18(8-25-12(22)6-20)11(5-10)27-16-14(28-13(23)7-21)15(24)17(18,2)19(16)9-26-19/h5,11,14,16H,3-4,6-9H2,1-2H3/t11-,14-,16-,17-,18-,19+/m1/s1. The molecule has 4 rings (SSSR count). The number of esters is 2. The zero-order valence-electron chi connectivity index (χ0n) is 15.7. The van der Waals surface area contributed by atoms with Crippen molar-refractivity contribution in [1.29, 1.82) is 0 Å². The minimum Gasteiger partial charge on any atom is -0.464 e. The summed E-state index contributed by atoms with van der Waals surface area (Å²) in [7, 11) is 0. The van der Waals surface area contributed by atoms with Crippen molar-refractivity contribution in [2.45, 2.75) is 50.6 Å². The quantitative estimate of drug-likeness (QED) is 0.283. The number of rotatable bonds is 5. The van der Waals surface area contributed by atoms with Crippen molar-refractivity contribution in [2.75, 3.05) is 25.0 Å². The Kier molecular flexibility index (Phi) is 4.81. The molecule has 0 N–H and O–H groups in total. The second kappa shape index (κ2) is 6.69. The molecule has 0 aromatic heterocycles. The van der Waals surface area contributed by atoms with Crippen LogP contribution in [0.1, 0.15) is 26.7 Å². The van der Waals surface area contributed by atoms with Gasteiger partial charge in [0.15, 0.2) is 11.9 Å². The van der Waals surface area contributed by atoms with Crippen molar-refractivity contribution in [3.63, 3.8) is 0 Å². The van der Waals surface area contributed by atoms with E-state index in [1.54, 1.807) is 0 Å². The van der Waals surface area contributed by atoms with E-state index in [9.17, 15) is 14.4 Å². The highest BCUT2D eigenvalue weighted by Crippen LogP contribution is 2.70. The van der Waals surface area contributed by atoms with Crippen molar-refractivity contribution in [2.24, 2.45) is 10.8 Å². The molecule has 4 aliphatic rings. The lowest BCUT2D eigenvalue weighted by molar-refractivity contribution is -0.222. The summed E-state index contributed by atoms with van der Waals surface area (Å²) in [5, 5.41) is 0. The number of epoxide rings is 1. The molecule has 9 heteroatoms. The fourth-order valence-corrected chi connectivity index (χ4v) is 5.44. The smallest absolute Gasteiger partial charge is 0.321 e. The molecular formula is C19H22Cl2O7. The van der Waals surface area contributed by atoms with E-state index in [1.807, 2.05) is 19.9 Å². The highest BCUT2D eigenvalue weighted by molar-refractivity contribution is 6.26. The fourth-order valence-electron chi connectivity index (χ4n) is 5.30. The van der Waals surface area contributed by atoms with Gasteiger partial charge in [0.1, 0.15) is 30.1 Å². The lowest BCUT2D eigenvalue weighted by atomic mass is 9.51. The first-order valence-corrected chi connectivity index (χ1v) is 10.3. The SMILES string of the molecule is CC1=C[C@H]2O[C@@H]3[C@H](OC(=O)CCl)C(=O)[C@](C)([C@@]2(COC(=O)CCl)CC1)[C@]31CO1. The van der Waals surface area contributed by atoms with E-state index < -0.39 is 46.7 Å². The van der Waals surface area contributed by atoms with Gasteiger partial charge >= 0.3 is 11.9 Å². The summed E-state index contributed by atoms with van der Waals surface area (Å²) in [6, 6.07) is 0. The van der Waals surface area contributed by atoms with Gasteiger partial charge in [-0.25, -0.2) is 0 Å². The molecule has 7 nitrogen and oxygen atoms in total. The normalized spacial score (nSPS) is 43.4. The molecule has 28 heavy (non-hydrogen) atoms. The summed E-state index contributed by atoms with van der Waals surface area (Å²) in [6.45, 7) is 4.11. The van der Waals surface area contributed by atoms with Crippen molar-refractivity contribution in [1.82, 2.24) is 0 Å². The van der Waals surface area contributed by atoms with Gasteiger partial charge in [-0.1, -0.05) is 11.6 Å². The average molecular weight is 433 g/mol. The van der Waals surface area contributed by atoms with Gasteiger partial charge in [-0.3, -0.25) is 14.4 Å². The molecule has 3 fully saturated rings. The van der Waals surface area contributed by atoms with E-state index in [0.29, 0.717) is 13.0 Å². The van der Waals surface area contributed by atoms with Crippen LogP contribution in [-0.2, 0) is 33.3 Å². The van der Waals surface area contributed by atoms with Crippen LogP contribution in [0.2, 0.25) is 0 Å². The molecule has 0 aromatic rings. The van der Waals surface area contributed by atoms with Crippen LogP contribution in [0.3, 0.4) is 0 Å². The van der Waals surface area contributed by atoms with Crippen LogP contribution in [-0.4, -0.2) is 66.6 Å². The number of allylic oxidation sites excluding steroid dienone is 1. The fraction of sp³-hybridized carbons (Fsp3) is 0.737.